The summed E-state index contributed by atoms with van der Waals surface area (Å²) in [6.45, 7) is 2.05. The summed E-state index contributed by atoms with van der Waals surface area (Å²) < 4.78 is 4.77. The monoisotopic (exact) mass is 184 g/mol. The lowest BCUT2D eigenvalue weighted by molar-refractivity contribution is -0.137. The molecule has 0 fully saturated rings. The fourth-order valence-electron chi connectivity index (χ4n) is 1.23. The minimum Gasteiger partial charge on any atom is -0.481 e. The number of rotatable bonds is 4. The smallest absolute Gasteiger partial charge is 0.334 e. The van der Waals surface area contributed by atoms with Gasteiger partial charge < -0.3 is 9.84 Å². The first-order chi connectivity index (χ1) is 6.11. The Kier molecular flexibility index (Phi) is 3.06. The molecule has 1 aliphatic rings. The Bertz CT molecular complexity index is 265. The van der Waals surface area contributed by atoms with Crippen molar-refractivity contribution >= 4 is 11.9 Å². The number of hydrogen-bond acceptors (Lipinski definition) is 3. The molecule has 72 valence electrons. The van der Waals surface area contributed by atoms with Crippen molar-refractivity contribution in [2.45, 2.75) is 26.2 Å². The molecule has 0 radical (unpaired) electrons. The first-order valence-electron chi connectivity index (χ1n) is 4.19. The van der Waals surface area contributed by atoms with Crippen LogP contribution in [0, 0.1) is 0 Å². The third-order valence-electron chi connectivity index (χ3n) is 2.08. The Morgan fingerprint density at radius 2 is 2.31 bits per heavy atom. The standard InChI is InChI=1S/C9H12O4/c1-6-7(5-13-9(6)12)3-2-4-8(10)11/h2-5H2,1H3,(H,10,11). The lowest BCUT2D eigenvalue weighted by atomic mass is 10.1. The molecule has 0 bridgehead atoms. The molecule has 0 aromatic heterocycles. The summed E-state index contributed by atoms with van der Waals surface area (Å²) in [6, 6.07) is 0. The molecule has 0 amide bonds. The molecule has 0 atom stereocenters. The van der Waals surface area contributed by atoms with Crippen molar-refractivity contribution < 1.29 is 19.4 Å². The Hall–Kier alpha value is -1.32. The van der Waals surface area contributed by atoms with Crippen LogP contribution in [0.5, 0.6) is 0 Å². The maximum absolute atomic E-state index is 10.9. The number of aliphatic carboxylic acids is 1. The van der Waals surface area contributed by atoms with E-state index in [-0.39, 0.29) is 12.4 Å². The summed E-state index contributed by atoms with van der Waals surface area (Å²) in [7, 11) is 0. The van der Waals surface area contributed by atoms with E-state index in [9.17, 15) is 9.59 Å². The summed E-state index contributed by atoms with van der Waals surface area (Å²) in [5.74, 6) is -1.08. The Morgan fingerprint density at radius 3 is 2.77 bits per heavy atom. The maximum Gasteiger partial charge on any atom is 0.334 e. The van der Waals surface area contributed by atoms with Crippen LogP contribution >= 0.6 is 0 Å². The molecule has 0 aromatic carbocycles. The van der Waals surface area contributed by atoms with Gasteiger partial charge in [0.25, 0.3) is 0 Å². The second-order valence-corrected chi connectivity index (χ2v) is 3.05. The second kappa shape index (κ2) is 4.07. The van der Waals surface area contributed by atoms with Gasteiger partial charge in [0.15, 0.2) is 0 Å². The van der Waals surface area contributed by atoms with Gasteiger partial charge in [0.05, 0.1) is 0 Å². The summed E-state index contributed by atoms with van der Waals surface area (Å²) in [4.78, 5) is 21.1. The van der Waals surface area contributed by atoms with E-state index in [1.165, 1.54) is 0 Å². The molecule has 4 nitrogen and oxygen atoms in total. The van der Waals surface area contributed by atoms with Crippen LogP contribution in [0.25, 0.3) is 0 Å². The fourth-order valence-corrected chi connectivity index (χ4v) is 1.23. The van der Waals surface area contributed by atoms with Gasteiger partial charge in [0.1, 0.15) is 6.61 Å². The normalized spacial score (nSPS) is 16.2. The zero-order valence-electron chi connectivity index (χ0n) is 7.50. The number of cyclic esters (lactones) is 1. The van der Waals surface area contributed by atoms with Crippen LogP contribution in [-0.2, 0) is 14.3 Å². The lowest BCUT2D eigenvalue weighted by Gasteiger charge is -1.98. The quantitative estimate of drug-likeness (QED) is 0.665. The number of carboxylic acid groups (broad SMARTS) is 1. The van der Waals surface area contributed by atoms with Gasteiger partial charge in [-0.05, 0) is 25.3 Å². The number of carbonyl (C=O) groups excluding carboxylic acids is 1. The van der Waals surface area contributed by atoms with E-state index in [1.807, 2.05) is 0 Å². The lowest BCUT2D eigenvalue weighted by Crippen LogP contribution is -1.95. The Labute approximate surface area is 76.2 Å². The van der Waals surface area contributed by atoms with Crippen molar-refractivity contribution in [3.05, 3.63) is 11.1 Å². The molecule has 1 rings (SSSR count). The molecule has 0 saturated heterocycles. The maximum atomic E-state index is 10.9. The van der Waals surface area contributed by atoms with E-state index < -0.39 is 5.97 Å². The van der Waals surface area contributed by atoms with Crippen LogP contribution in [0.4, 0.5) is 0 Å². The molecule has 13 heavy (non-hydrogen) atoms. The minimum atomic E-state index is -0.802. The summed E-state index contributed by atoms with van der Waals surface area (Å²) in [5.41, 5.74) is 1.58. The number of hydrogen-bond donors (Lipinski definition) is 1. The fraction of sp³-hybridized carbons (Fsp3) is 0.556. The predicted octanol–water partition coefficient (Wildman–Crippen LogP) is 1.11. The summed E-state index contributed by atoms with van der Waals surface area (Å²) in [5, 5.41) is 8.39. The molecule has 4 heteroatoms. The van der Waals surface area contributed by atoms with Gasteiger partial charge >= 0.3 is 11.9 Å². The Morgan fingerprint density at radius 1 is 1.62 bits per heavy atom. The number of carbonyl (C=O) groups is 2. The van der Waals surface area contributed by atoms with Gasteiger partial charge in [-0.1, -0.05) is 0 Å². The second-order valence-electron chi connectivity index (χ2n) is 3.05. The molecule has 0 unspecified atom stereocenters. The third kappa shape index (κ3) is 2.57. The van der Waals surface area contributed by atoms with E-state index in [4.69, 9.17) is 9.84 Å². The van der Waals surface area contributed by atoms with Crippen molar-refractivity contribution in [1.29, 1.82) is 0 Å². The molecule has 0 aliphatic carbocycles. The van der Waals surface area contributed by atoms with Crippen molar-refractivity contribution in [2.75, 3.05) is 6.61 Å². The van der Waals surface area contributed by atoms with Crippen molar-refractivity contribution in [3.63, 3.8) is 0 Å². The first kappa shape index (κ1) is 9.77. The number of ether oxygens (including phenoxy) is 1. The van der Waals surface area contributed by atoms with Crippen molar-refractivity contribution in [2.24, 2.45) is 0 Å². The third-order valence-corrected chi connectivity index (χ3v) is 2.08. The highest BCUT2D eigenvalue weighted by Crippen LogP contribution is 2.20. The SMILES string of the molecule is CC1=C(CCCC(=O)O)COC1=O. The minimum absolute atomic E-state index is 0.144. The Balaban J connectivity index is 2.37. The number of esters is 1. The predicted molar refractivity (Wildman–Crippen MR) is 45.1 cm³/mol. The van der Waals surface area contributed by atoms with Crippen molar-refractivity contribution in [1.82, 2.24) is 0 Å². The van der Waals surface area contributed by atoms with Crippen LogP contribution in [0.1, 0.15) is 26.2 Å². The molecule has 1 aliphatic heterocycles. The van der Waals surface area contributed by atoms with Gasteiger partial charge in [-0.2, -0.15) is 0 Å². The van der Waals surface area contributed by atoms with Crippen LogP contribution in [-0.4, -0.2) is 23.7 Å². The van der Waals surface area contributed by atoms with E-state index in [1.54, 1.807) is 6.92 Å². The molecule has 1 heterocycles. The molecule has 1 N–H and O–H groups in total. The average Bonchev–Trinajstić information content (AvgIpc) is 2.35. The van der Waals surface area contributed by atoms with E-state index in [0.717, 1.165) is 5.57 Å². The summed E-state index contributed by atoms with van der Waals surface area (Å²) >= 11 is 0. The van der Waals surface area contributed by atoms with Gasteiger partial charge in [-0.15, -0.1) is 0 Å². The molecule has 0 spiro atoms. The van der Waals surface area contributed by atoms with Crippen LogP contribution in [0.15, 0.2) is 11.1 Å². The highest BCUT2D eigenvalue weighted by Gasteiger charge is 2.19. The topological polar surface area (TPSA) is 63.6 Å². The van der Waals surface area contributed by atoms with E-state index >= 15 is 0 Å². The van der Waals surface area contributed by atoms with Gasteiger partial charge in [0, 0.05) is 12.0 Å². The average molecular weight is 184 g/mol. The zero-order valence-corrected chi connectivity index (χ0v) is 7.50. The largest absolute Gasteiger partial charge is 0.481 e. The molecular formula is C9H12O4. The highest BCUT2D eigenvalue weighted by atomic mass is 16.5. The molecule has 0 aromatic rings. The van der Waals surface area contributed by atoms with Crippen molar-refractivity contribution in [3.8, 4) is 0 Å². The molecule has 0 saturated carbocycles. The van der Waals surface area contributed by atoms with Crippen LogP contribution < -0.4 is 0 Å². The van der Waals surface area contributed by atoms with Gasteiger partial charge in [0.2, 0.25) is 0 Å². The first-order valence-corrected chi connectivity index (χ1v) is 4.19. The highest BCUT2D eigenvalue weighted by molar-refractivity contribution is 5.91. The van der Waals surface area contributed by atoms with Gasteiger partial charge in [-0.25, -0.2) is 4.79 Å². The van der Waals surface area contributed by atoms with Crippen LogP contribution in [0.3, 0.4) is 0 Å². The summed E-state index contributed by atoms with van der Waals surface area (Å²) in [6.07, 6.45) is 1.35. The van der Waals surface area contributed by atoms with E-state index in [2.05, 4.69) is 0 Å². The number of carboxylic acids is 1. The van der Waals surface area contributed by atoms with Crippen LogP contribution in [0.2, 0.25) is 0 Å². The molecular weight excluding hydrogens is 172 g/mol. The zero-order chi connectivity index (χ0) is 9.84. The van der Waals surface area contributed by atoms with Gasteiger partial charge in [-0.3, -0.25) is 4.79 Å². The van der Waals surface area contributed by atoms with E-state index in [0.29, 0.717) is 25.0 Å².